The summed E-state index contributed by atoms with van der Waals surface area (Å²) in [6.45, 7) is 2.98. The number of nitrogens with zero attached hydrogens (tertiary/aromatic N) is 3. The molecule has 0 aliphatic carbocycles. The first kappa shape index (κ1) is 19.5. The summed E-state index contributed by atoms with van der Waals surface area (Å²) in [7, 11) is 1.61. The van der Waals surface area contributed by atoms with E-state index in [4.69, 9.17) is 4.74 Å². The summed E-state index contributed by atoms with van der Waals surface area (Å²) in [4.78, 5) is 32.5. The molecule has 148 valence electrons. The van der Waals surface area contributed by atoms with Crippen molar-refractivity contribution >= 4 is 17.8 Å². The van der Waals surface area contributed by atoms with Crippen LogP contribution >= 0.6 is 0 Å². The van der Waals surface area contributed by atoms with Crippen molar-refractivity contribution in [2.24, 2.45) is 0 Å². The minimum absolute atomic E-state index is 0.0462. The Morgan fingerprint density at radius 1 is 1.04 bits per heavy atom. The van der Waals surface area contributed by atoms with E-state index in [1.807, 2.05) is 42.5 Å². The molecule has 1 aromatic heterocycles. The number of pyridine rings is 1. The van der Waals surface area contributed by atoms with Crippen molar-refractivity contribution in [1.82, 2.24) is 20.5 Å². The quantitative estimate of drug-likeness (QED) is 0.784. The fourth-order valence-electron chi connectivity index (χ4n) is 2.95. The Labute approximate surface area is 164 Å². The molecule has 2 aromatic rings. The van der Waals surface area contributed by atoms with E-state index in [1.165, 1.54) is 0 Å². The van der Waals surface area contributed by atoms with E-state index in [0.717, 1.165) is 17.1 Å². The number of piperazine rings is 1. The van der Waals surface area contributed by atoms with Gasteiger partial charge in [0.05, 0.1) is 13.7 Å². The van der Waals surface area contributed by atoms with Gasteiger partial charge in [0.25, 0.3) is 0 Å². The first-order valence-corrected chi connectivity index (χ1v) is 9.24. The summed E-state index contributed by atoms with van der Waals surface area (Å²) in [5.74, 6) is 1.46. The van der Waals surface area contributed by atoms with Crippen molar-refractivity contribution in [3.63, 3.8) is 0 Å². The van der Waals surface area contributed by atoms with Gasteiger partial charge in [-0.05, 0) is 29.8 Å². The maximum atomic E-state index is 12.3. The topological polar surface area (TPSA) is 86.8 Å². The van der Waals surface area contributed by atoms with Crippen LogP contribution in [0.4, 0.5) is 10.6 Å². The second kappa shape index (κ2) is 9.59. The number of hydrogen-bond acceptors (Lipinski definition) is 5. The second-order valence-corrected chi connectivity index (χ2v) is 6.45. The Hall–Kier alpha value is -3.29. The van der Waals surface area contributed by atoms with Crippen molar-refractivity contribution in [2.45, 2.75) is 6.54 Å². The van der Waals surface area contributed by atoms with E-state index in [0.29, 0.717) is 32.7 Å². The molecule has 28 heavy (non-hydrogen) atoms. The average Bonchev–Trinajstić information content (AvgIpc) is 2.77. The van der Waals surface area contributed by atoms with Gasteiger partial charge < -0.3 is 25.2 Å². The van der Waals surface area contributed by atoms with Crippen molar-refractivity contribution in [3.05, 3.63) is 54.2 Å². The molecule has 0 radical (unpaired) electrons. The van der Waals surface area contributed by atoms with Crippen molar-refractivity contribution < 1.29 is 14.3 Å². The number of carbonyl (C=O) groups is 2. The predicted molar refractivity (Wildman–Crippen MR) is 106 cm³/mol. The lowest BCUT2D eigenvalue weighted by Crippen LogP contribution is -2.53. The zero-order chi connectivity index (χ0) is 19.8. The van der Waals surface area contributed by atoms with Gasteiger partial charge in [0.2, 0.25) is 5.91 Å². The van der Waals surface area contributed by atoms with Gasteiger partial charge in [-0.2, -0.15) is 0 Å². The predicted octanol–water partition coefficient (Wildman–Crippen LogP) is 1.24. The van der Waals surface area contributed by atoms with Gasteiger partial charge in [-0.15, -0.1) is 0 Å². The molecule has 8 heteroatoms. The standard InChI is InChI=1S/C20H25N5O3/c1-28-17-7-5-16(6-8-17)14-22-19(26)15-23-20(27)25-12-10-24(11-13-25)18-4-2-3-9-21-18/h2-9H,10-15H2,1H3,(H,22,26)(H,23,27). The minimum Gasteiger partial charge on any atom is -0.497 e. The molecule has 2 N–H and O–H groups in total. The highest BCUT2D eigenvalue weighted by atomic mass is 16.5. The zero-order valence-corrected chi connectivity index (χ0v) is 15.9. The summed E-state index contributed by atoms with van der Waals surface area (Å²) in [6.07, 6.45) is 1.76. The highest BCUT2D eigenvalue weighted by molar-refractivity contribution is 5.84. The van der Waals surface area contributed by atoms with Crippen LogP contribution in [0.1, 0.15) is 5.56 Å². The Bertz CT molecular complexity index is 774. The number of hydrogen-bond donors (Lipinski definition) is 2. The number of benzene rings is 1. The van der Waals surface area contributed by atoms with Crippen LogP contribution in [0.15, 0.2) is 48.7 Å². The van der Waals surface area contributed by atoms with E-state index >= 15 is 0 Å². The molecule has 1 fully saturated rings. The number of methoxy groups -OCH3 is 1. The lowest BCUT2D eigenvalue weighted by molar-refractivity contribution is -0.120. The molecule has 2 heterocycles. The lowest BCUT2D eigenvalue weighted by Gasteiger charge is -2.35. The third kappa shape index (κ3) is 5.35. The van der Waals surface area contributed by atoms with Gasteiger partial charge >= 0.3 is 6.03 Å². The molecule has 1 aliphatic heterocycles. The molecule has 1 saturated heterocycles. The van der Waals surface area contributed by atoms with Crippen LogP contribution in [-0.4, -0.2) is 61.7 Å². The van der Waals surface area contributed by atoms with Gasteiger partial charge in [0, 0.05) is 38.9 Å². The van der Waals surface area contributed by atoms with Crippen molar-refractivity contribution in [1.29, 1.82) is 0 Å². The third-order valence-corrected chi connectivity index (χ3v) is 4.59. The highest BCUT2D eigenvalue weighted by Crippen LogP contribution is 2.12. The third-order valence-electron chi connectivity index (χ3n) is 4.59. The number of rotatable bonds is 6. The van der Waals surface area contributed by atoms with Crippen LogP contribution in [0.3, 0.4) is 0 Å². The Kier molecular flexibility index (Phi) is 6.67. The van der Waals surface area contributed by atoms with E-state index in [2.05, 4.69) is 20.5 Å². The van der Waals surface area contributed by atoms with Crippen molar-refractivity contribution in [2.75, 3.05) is 44.7 Å². The van der Waals surface area contributed by atoms with Crippen LogP contribution in [-0.2, 0) is 11.3 Å². The van der Waals surface area contributed by atoms with Gasteiger partial charge in [-0.1, -0.05) is 18.2 Å². The molecule has 0 spiro atoms. The van der Waals surface area contributed by atoms with E-state index < -0.39 is 0 Å². The molecule has 0 unspecified atom stereocenters. The van der Waals surface area contributed by atoms with Gasteiger partial charge in [0.1, 0.15) is 11.6 Å². The second-order valence-electron chi connectivity index (χ2n) is 6.45. The fourth-order valence-corrected chi connectivity index (χ4v) is 2.95. The summed E-state index contributed by atoms with van der Waals surface area (Å²) >= 11 is 0. The van der Waals surface area contributed by atoms with Crippen molar-refractivity contribution in [3.8, 4) is 5.75 Å². The lowest BCUT2D eigenvalue weighted by atomic mass is 10.2. The number of aromatic nitrogens is 1. The molecule has 3 amide bonds. The molecule has 1 aliphatic rings. The summed E-state index contributed by atoms with van der Waals surface area (Å²) < 4.78 is 5.10. The first-order chi connectivity index (χ1) is 13.7. The van der Waals surface area contributed by atoms with Gasteiger partial charge in [0.15, 0.2) is 0 Å². The SMILES string of the molecule is COc1ccc(CNC(=O)CNC(=O)N2CCN(c3ccccn3)CC2)cc1. The van der Waals surface area contributed by atoms with Gasteiger partial charge in [-0.25, -0.2) is 9.78 Å². The van der Waals surface area contributed by atoms with Crippen LogP contribution in [0, 0.1) is 0 Å². The molecule has 0 saturated carbocycles. The minimum atomic E-state index is -0.226. The van der Waals surface area contributed by atoms with Crippen LogP contribution in [0.25, 0.3) is 0 Å². The largest absolute Gasteiger partial charge is 0.497 e. The normalized spacial score (nSPS) is 13.8. The summed E-state index contributed by atoms with van der Waals surface area (Å²) in [6, 6.07) is 13.0. The maximum Gasteiger partial charge on any atom is 0.317 e. The molecule has 1 aromatic carbocycles. The number of carbonyl (C=O) groups excluding carboxylic acids is 2. The van der Waals surface area contributed by atoms with Crippen LogP contribution in [0.5, 0.6) is 5.75 Å². The Balaban J connectivity index is 1.36. The van der Waals surface area contributed by atoms with E-state index in [-0.39, 0.29) is 18.5 Å². The number of ether oxygens (including phenoxy) is 1. The number of amides is 3. The number of urea groups is 1. The van der Waals surface area contributed by atoms with E-state index in [9.17, 15) is 9.59 Å². The molecular weight excluding hydrogens is 358 g/mol. The fraction of sp³-hybridized carbons (Fsp3) is 0.350. The zero-order valence-electron chi connectivity index (χ0n) is 15.9. The van der Waals surface area contributed by atoms with E-state index in [1.54, 1.807) is 18.2 Å². The molecular formula is C20H25N5O3. The number of nitrogens with one attached hydrogen (secondary N) is 2. The number of anilines is 1. The molecule has 0 bridgehead atoms. The van der Waals surface area contributed by atoms with Crippen LogP contribution < -0.4 is 20.3 Å². The van der Waals surface area contributed by atoms with Gasteiger partial charge in [-0.3, -0.25) is 4.79 Å². The smallest absolute Gasteiger partial charge is 0.317 e. The maximum absolute atomic E-state index is 12.3. The molecule has 8 nitrogen and oxygen atoms in total. The molecule has 3 rings (SSSR count). The Morgan fingerprint density at radius 3 is 2.43 bits per heavy atom. The monoisotopic (exact) mass is 383 g/mol. The molecule has 0 atom stereocenters. The highest BCUT2D eigenvalue weighted by Gasteiger charge is 2.21. The summed E-state index contributed by atoms with van der Waals surface area (Å²) in [5.41, 5.74) is 0.964. The Morgan fingerprint density at radius 2 is 1.79 bits per heavy atom. The average molecular weight is 383 g/mol. The summed E-state index contributed by atoms with van der Waals surface area (Å²) in [5, 5.41) is 5.48. The van der Waals surface area contributed by atoms with Crippen LogP contribution in [0.2, 0.25) is 0 Å². The first-order valence-electron chi connectivity index (χ1n) is 9.24.